The van der Waals surface area contributed by atoms with Crippen LogP contribution in [0.15, 0.2) is 11.6 Å². The molecule has 0 amide bonds. The Hall–Kier alpha value is 0.259. The first kappa shape index (κ1) is 9.54. The Bertz CT molecular complexity index is 41.9. The van der Waals surface area contributed by atoms with Crippen LogP contribution in [0, 0.1) is 0 Å². The van der Waals surface area contributed by atoms with E-state index in [-0.39, 0.29) is 17.1 Å². The molecule has 0 N–H and O–H groups in total. The van der Waals surface area contributed by atoms with Crippen LogP contribution >= 0.6 is 0 Å². The standard InChI is InChI=1S/C5H10.Cu/c1-4-5(2)3;/h4H,1-3H3;/q;+1. The third-order valence-corrected chi connectivity index (χ3v) is 0.577. The minimum absolute atomic E-state index is 0. The summed E-state index contributed by atoms with van der Waals surface area (Å²) in [6.07, 6.45) is 2.08. The van der Waals surface area contributed by atoms with Crippen molar-refractivity contribution < 1.29 is 17.1 Å². The van der Waals surface area contributed by atoms with Crippen molar-refractivity contribution in [3.05, 3.63) is 11.6 Å². The van der Waals surface area contributed by atoms with E-state index in [1.54, 1.807) is 0 Å². The van der Waals surface area contributed by atoms with Gasteiger partial charge in [0.15, 0.2) is 0 Å². The Balaban J connectivity index is 0. The van der Waals surface area contributed by atoms with Crippen molar-refractivity contribution in [3.63, 3.8) is 0 Å². The summed E-state index contributed by atoms with van der Waals surface area (Å²) < 4.78 is 0. The first-order valence-corrected chi connectivity index (χ1v) is 1.87. The number of hydrogen-bond acceptors (Lipinski definition) is 0. The van der Waals surface area contributed by atoms with E-state index in [0.29, 0.717) is 0 Å². The van der Waals surface area contributed by atoms with Crippen LogP contribution in [0.5, 0.6) is 0 Å². The van der Waals surface area contributed by atoms with Crippen molar-refractivity contribution in [1.29, 1.82) is 0 Å². The van der Waals surface area contributed by atoms with Crippen LogP contribution in [-0.2, 0) is 17.1 Å². The quantitative estimate of drug-likeness (QED) is 0.350. The summed E-state index contributed by atoms with van der Waals surface area (Å²) in [7, 11) is 0. The zero-order valence-corrected chi connectivity index (χ0v) is 5.32. The first-order valence-electron chi connectivity index (χ1n) is 1.87. The average molecular weight is 134 g/mol. The Labute approximate surface area is 50.1 Å². The number of allylic oxidation sites excluding steroid dienone is 2. The second kappa shape index (κ2) is 5.26. The van der Waals surface area contributed by atoms with E-state index >= 15 is 0 Å². The van der Waals surface area contributed by atoms with Crippen molar-refractivity contribution in [1.82, 2.24) is 0 Å². The SMILES string of the molecule is CC=C(C)C.[Cu+]. The fraction of sp³-hybridized carbons (Fsp3) is 0.600. The molecule has 0 aliphatic rings. The molecule has 0 aromatic heterocycles. The minimum atomic E-state index is 0. The van der Waals surface area contributed by atoms with Crippen molar-refractivity contribution in [2.75, 3.05) is 0 Å². The number of hydrogen-bond donors (Lipinski definition) is 0. The van der Waals surface area contributed by atoms with E-state index in [1.165, 1.54) is 5.57 Å². The van der Waals surface area contributed by atoms with Crippen LogP contribution in [0.1, 0.15) is 20.8 Å². The summed E-state index contributed by atoms with van der Waals surface area (Å²) >= 11 is 0. The molecule has 6 heavy (non-hydrogen) atoms. The predicted octanol–water partition coefficient (Wildman–Crippen LogP) is 1.97. The topological polar surface area (TPSA) is 0 Å². The van der Waals surface area contributed by atoms with Gasteiger partial charge in [0.25, 0.3) is 0 Å². The minimum Gasteiger partial charge on any atom is -0.0890 e. The van der Waals surface area contributed by atoms with E-state index < -0.39 is 0 Å². The molecule has 0 aromatic rings. The fourth-order valence-corrected chi connectivity index (χ4v) is 0. The first-order chi connectivity index (χ1) is 2.27. The molecule has 0 atom stereocenters. The van der Waals surface area contributed by atoms with Gasteiger partial charge in [-0.25, -0.2) is 0 Å². The van der Waals surface area contributed by atoms with Crippen LogP contribution in [0.2, 0.25) is 0 Å². The summed E-state index contributed by atoms with van der Waals surface area (Å²) in [4.78, 5) is 0. The molecule has 0 unspecified atom stereocenters. The van der Waals surface area contributed by atoms with E-state index in [2.05, 4.69) is 19.9 Å². The Kier molecular flexibility index (Phi) is 8.37. The van der Waals surface area contributed by atoms with Gasteiger partial charge in [-0.2, -0.15) is 0 Å². The number of rotatable bonds is 0. The summed E-state index contributed by atoms with van der Waals surface area (Å²) in [5.74, 6) is 0. The van der Waals surface area contributed by atoms with Gasteiger partial charge in [0.2, 0.25) is 0 Å². The third-order valence-electron chi connectivity index (χ3n) is 0.577. The van der Waals surface area contributed by atoms with E-state index in [1.807, 2.05) is 6.92 Å². The fourth-order valence-electron chi connectivity index (χ4n) is 0. The Morgan fingerprint density at radius 3 is 1.50 bits per heavy atom. The van der Waals surface area contributed by atoms with E-state index in [0.717, 1.165) is 0 Å². The van der Waals surface area contributed by atoms with Crippen molar-refractivity contribution >= 4 is 0 Å². The van der Waals surface area contributed by atoms with Crippen LogP contribution in [-0.4, -0.2) is 0 Å². The predicted molar refractivity (Wildman–Crippen MR) is 25.1 cm³/mol. The van der Waals surface area contributed by atoms with Crippen LogP contribution in [0.3, 0.4) is 0 Å². The van der Waals surface area contributed by atoms with Crippen LogP contribution < -0.4 is 0 Å². The van der Waals surface area contributed by atoms with Gasteiger partial charge >= 0.3 is 17.1 Å². The molecule has 0 aliphatic heterocycles. The van der Waals surface area contributed by atoms with E-state index in [4.69, 9.17) is 0 Å². The molecule has 0 aromatic carbocycles. The van der Waals surface area contributed by atoms with Gasteiger partial charge in [-0.1, -0.05) is 11.6 Å². The van der Waals surface area contributed by atoms with Gasteiger partial charge in [0.1, 0.15) is 0 Å². The third kappa shape index (κ3) is 8.86. The van der Waals surface area contributed by atoms with Gasteiger partial charge in [-0.05, 0) is 20.8 Å². The van der Waals surface area contributed by atoms with Gasteiger partial charge in [-0.15, -0.1) is 0 Å². The maximum Gasteiger partial charge on any atom is 1.00 e. The molecule has 40 valence electrons. The molecule has 0 radical (unpaired) electrons. The Morgan fingerprint density at radius 1 is 1.33 bits per heavy atom. The smallest absolute Gasteiger partial charge is 0.0890 e. The second-order valence-corrected chi connectivity index (χ2v) is 1.37. The summed E-state index contributed by atoms with van der Waals surface area (Å²) in [5, 5.41) is 0. The average Bonchev–Trinajstić information content (AvgIpc) is 1.38. The van der Waals surface area contributed by atoms with Crippen molar-refractivity contribution in [2.45, 2.75) is 20.8 Å². The molecule has 0 spiro atoms. The van der Waals surface area contributed by atoms with E-state index in [9.17, 15) is 0 Å². The summed E-state index contributed by atoms with van der Waals surface area (Å²) in [5.41, 5.74) is 1.38. The van der Waals surface area contributed by atoms with Gasteiger partial charge < -0.3 is 0 Å². The van der Waals surface area contributed by atoms with Gasteiger partial charge in [0, 0.05) is 0 Å². The molecule has 0 heterocycles. The second-order valence-electron chi connectivity index (χ2n) is 1.37. The maximum absolute atomic E-state index is 2.08. The van der Waals surface area contributed by atoms with Crippen molar-refractivity contribution in [2.24, 2.45) is 0 Å². The normalized spacial score (nSPS) is 5.83. The largest absolute Gasteiger partial charge is 1.00 e. The molecule has 0 aliphatic carbocycles. The molecular weight excluding hydrogens is 124 g/mol. The zero-order chi connectivity index (χ0) is 4.28. The van der Waals surface area contributed by atoms with Crippen LogP contribution in [0.4, 0.5) is 0 Å². The summed E-state index contributed by atoms with van der Waals surface area (Å²) in [6, 6.07) is 0. The monoisotopic (exact) mass is 133 g/mol. The zero-order valence-electron chi connectivity index (χ0n) is 4.38. The molecule has 0 saturated carbocycles. The molecule has 0 rings (SSSR count). The molecule has 1 heteroatoms. The Morgan fingerprint density at radius 2 is 1.50 bits per heavy atom. The van der Waals surface area contributed by atoms with Crippen LogP contribution in [0.25, 0.3) is 0 Å². The molecule has 0 nitrogen and oxygen atoms in total. The molecule has 0 bridgehead atoms. The maximum atomic E-state index is 2.08. The summed E-state index contributed by atoms with van der Waals surface area (Å²) in [6.45, 7) is 6.20. The van der Waals surface area contributed by atoms with Crippen molar-refractivity contribution in [3.8, 4) is 0 Å². The van der Waals surface area contributed by atoms with Gasteiger partial charge in [-0.3, -0.25) is 0 Å². The molecule has 0 saturated heterocycles. The molecule has 0 fully saturated rings. The molecular formula is C5H10Cu+. The van der Waals surface area contributed by atoms with Gasteiger partial charge in [0.05, 0.1) is 0 Å².